The van der Waals surface area contributed by atoms with Crippen LogP contribution in [0.5, 0.6) is 5.75 Å². The number of phenols is 1. The normalized spacial score (nSPS) is 11.2. The molecule has 0 saturated heterocycles. The minimum absolute atomic E-state index is 0.0894. The van der Waals surface area contributed by atoms with Gasteiger partial charge in [-0.1, -0.05) is 60.3 Å². The number of phenolic OH excluding ortho intramolecular Hbond substituents is 1. The number of benzene rings is 3. The first-order valence-corrected chi connectivity index (χ1v) is 9.70. The molecule has 3 aromatic carbocycles. The minimum Gasteiger partial charge on any atom is -0.507 e. The largest absolute Gasteiger partial charge is 0.507 e. The number of aromatic nitrogens is 4. The van der Waals surface area contributed by atoms with Crippen LogP contribution in [0.1, 0.15) is 5.56 Å². The molecule has 144 valence electrons. The third-order valence-corrected chi connectivity index (χ3v) is 5.02. The van der Waals surface area contributed by atoms with E-state index in [-0.39, 0.29) is 17.4 Å². The maximum absolute atomic E-state index is 12.1. The molecule has 0 radical (unpaired) electrons. The summed E-state index contributed by atoms with van der Waals surface area (Å²) in [6.45, 7) is 0. The second-order valence-corrected chi connectivity index (χ2v) is 6.95. The summed E-state index contributed by atoms with van der Waals surface area (Å²) in [6.07, 6.45) is 1.44. The van der Waals surface area contributed by atoms with Crippen LogP contribution in [0.4, 0.5) is 0 Å². The molecule has 0 atom stereocenters. The quantitative estimate of drug-likeness (QED) is 0.291. The van der Waals surface area contributed by atoms with Gasteiger partial charge in [-0.25, -0.2) is 5.43 Å². The van der Waals surface area contributed by atoms with Gasteiger partial charge in [-0.3, -0.25) is 4.79 Å². The molecule has 0 aliphatic rings. The Bertz CT molecular complexity index is 1180. The van der Waals surface area contributed by atoms with Crippen molar-refractivity contribution in [2.45, 2.75) is 5.16 Å². The number of hydrogen-bond acceptors (Lipinski definition) is 7. The molecule has 1 aromatic heterocycles. The van der Waals surface area contributed by atoms with E-state index in [0.717, 1.165) is 16.5 Å². The van der Waals surface area contributed by atoms with Crippen LogP contribution in [0.2, 0.25) is 0 Å². The van der Waals surface area contributed by atoms with Gasteiger partial charge in [0.15, 0.2) is 0 Å². The van der Waals surface area contributed by atoms with Crippen molar-refractivity contribution in [3.05, 3.63) is 72.3 Å². The van der Waals surface area contributed by atoms with Gasteiger partial charge in [-0.15, -0.1) is 5.10 Å². The first-order chi connectivity index (χ1) is 14.2. The molecular weight excluding hydrogens is 388 g/mol. The number of fused-ring (bicyclic) bond motifs is 1. The number of para-hydroxylation sites is 1. The molecule has 4 aromatic rings. The first-order valence-electron chi connectivity index (χ1n) is 8.71. The van der Waals surface area contributed by atoms with Crippen LogP contribution in [0, 0.1) is 0 Å². The molecule has 1 heterocycles. The summed E-state index contributed by atoms with van der Waals surface area (Å²) in [7, 11) is 0. The number of thioether (sulfide) groups is 1. The van der Waals surface area contributed by atoms with Gasteiger partial charge in [0.05, 0.1) is 17.7 Å². The second kappa shape index (κ2) is 8.53. The van der Waals surface area contributed by atoms with Gasteiger partial charge in [-0.05, 0) is 39.4 Å². The SMILES string of the molecule is O=C(CSc1nnnn1-c1ccccc1)N/N=C/c1c(O)ccc2ccccc12. The molecular formula is C20H16N6O2S. The minimum atomic E-state index is -0.311. The fraction of sp³-hybridized carbons (Fsp3) is 0.0500. The van der Waals surface area contributed by atoms with Gasteiger partial charge < -0.3 is 5.11 Å². The summed E-state index contributed by atoms with van der Waals surface area (Å²) < 4.78 is 1.56. The average molecular weight is 404 g/mol. The molecule has 1 amide bonds. The molecule has 2 N–H and O–H groups in total. The fourth-order valence-electron chi connectivity index (χ4n) is 2.75. The summed E-state index contributed by atoms with van der Waals surface area (Å²) in [5.74, 6) is -0.127. The molecule has 0 saturated carbocycles. The number of hydrogen-bond donors (Lipinski definition) is 2. The molecule has 0 bridgehead atoms. The van der Waals surface area contributed by atoms with E-state index >= 15 is 0 Å². The Balaban J connectivity index is 1.40. The number of tetrazole rings is 1. The molecule has 0 spiro atoms. The third kappa shape index (κ3) is 4.25. The molecule has 0 fully saturated rings. The number of rotatable bonds is 6. The van der Waals surface area contributed by atoms with Crippen molar-refractivity contribution in [3.8, 4) is 11.4 Å². The zero-order valence-corrected chi connectivity index (χ0v) is 16.0. The predicted molar refractivity (Wildman–Crippen MR) is 111 cm³/mol. The fourth-order valence-corrected chi connectivity index (χ4v) is 3.43. The lowest BCUT2D eigenvalue weighted by Crippen LogP contribution is -2.20. The van der Waals surface area contributed by atoms with Crippen LogP contribution in [0.3, 0.4) is 0 Å². The highest BCUT2D eigenvalue weighted by molar-refractivity contribution is 7.99. The van der Waals surface area contributed by atoms with E-state index in [0.29, 0.717) is 10.7 Å². The molecule has 0 unspecified atom stereocenters. The van der Waals surface area contributed by atoms with E-state index in [4.69, 9.17) is 0 Å². The number of aromatic hydroxyl groups is 1. The van der Waals surface area contributed by atoms with E-state index in [2.05, 4.69) is 26.1 Å². The van der Waals surface area contributed by atoms with Crippen LogP contribution >= 0.6 is 11.8 Å². The average Bonchev–Trinajstić information content (AvgIpc) is 3.23. The topological polar surface area (TPSA) is 105 Å². The highest BCUT2D eigenvalue weighted by Gasteiger charge is 2.11. The van der Waals surface area contributed by atoms with E-state index < -0.39 is 0 Å². The van der Waals surface area contributed by atoms with E-state index in [1.165, 1.54) is 18.0 Å². The van der Waals surface area contributed by atoms with Gasteiger partial charge >= 0.3 is 0 Å². The Hall–Kier alpha value is -3.72. The van der Waals surface area contributed by atoms with Crippen molar-refractivity contribution in [2.75, 3.05) is 5.75 Å². The third-order valence-electron chi connectivity index (χ3n) is 4.10. The molecule has 0 aliphatic heterocycles. The van der Waals surface area contributed by atoms with Crippen molar-refractivity contribution in [3.63, 3.8) is 0 Å². The van der Waals surface area contributed by atoms with Crippen molar-refractivity contribution < 1.29 is 9.90 Å². The van der Waals surface area contributed by atoms with Gasteiger partial charge in [0, 0.05) is 5.56 Å². The Kier molecular flexibility index (Phi) is 5.48. The second-order valence-electron chi connectivity index (χ2n) is 6.01. The number of carbonyl (C=O) groups excluding carboxylic acids is 1. The van der Waals surface area contributed by atoms with Gasteiger partial charge in [0.1, 0.15) is 5.75 Å². The van der Waals surface area contributed by atoms with Gasteiger partial charge in [0.2, 0.25) is 5.16 Å². The van der Waals surface area contributed by atoms with E-state index in [9.17, 15) is 9.90 Å². The van der Waals surface area contributed by atoms with Crippen LogP contribution in [-0.2, 0) is 4.79 Å². The zero-order chi connectivity index (χ0) is 20.1. The molecule has 0 aliphatic carbocycles. The van der Waals surface area contributed by atoms with Gasteiger partial charge in [-0.2, -0.15) is 9.78 Å². The summed E-state index contributed by atoms with van der Waals surface area (Å²) in [6, 6.07) is 20.5. The number of amides is 1. The summed E-state index contributed by atoms with van der Waals surface area (Å²) in [4.78, 5) is 12.1. The van der Waals surface area contributed by atoms with Crippen LogP contribution in [0.25, 0.3) is 16.5 Å². The number of hydrazone groups is 1. The van der Waals surface area contributed by atoms with E-state index in [1.54, 1.807) is 10.7 Å². The van der Waals surface area contributed by atoms with Crippen LogP contribution < -0.4 is 5.43 Å². The Morgan fingerprint density at radius 1 is 1.10 bits per heavy atom. The Morgan fingerprint density at radius 2 is 1.90 bits per heavy atom. The maximum Gasteiger partial charge on any atom is 0.250 e. The zero-order valence-electron chi connectivity index (χ0n) is 15.1. The first kappa shape index (κ1) is 18.6. The molecule has 9 heteroatoms. The predicted octanol–water partition coefficient (Wildman–Crippen LogP) is 2.76. The molecule has 4 rings (SSSR count). The standard InChI is InChI=1S/C20H16N6O2S/c27-18-11-10-14-6-4-5-9-16(14)17(18)12-21-22-19(28)13-29-20-23-24-25-26(20)15-7-2-1-3-8-15/h1-12,27H,13H2,(H,22,28)/b21-12+. The monoisotopic (exact) mass is 404 g/mol. The lowest BCUT2D eigenvalue weighted by Gasteiger charge is -2.05. The van der Waals surface area contributed by atoms with Crippen molar-refractivity contribution >= 4 is 34.7 Å². The Morgan fingerprint density at radius 3 is 2.76 bits per heavy atom. The maximum atomic E-state index is 12.1. The smallest absolute Gasteiger partial charge is 0.250 e. The highest BCUT2D eigenvalue weighted by Crippen LogP contribution is 2.25. The number of nitrogens with zero attached hydrogens (tertiary/aromatic N) is 5. The van der Waals surface area contributed by atoms with Crippen LogP contribution in [-0.4, -0.2) is 43.2 Å². The lowest BCUT2D eigenvalue weighted by atomic mass is 10.0. The molecule has 8 nitrogen and oxygen atoms in total. The summed E-state index contributed by atoms with van der Waals surface area (Å²) in [5.41, 5.74) is 3.82. The van der Waals surface area contributed by atoms with Crippen molar-refractivity contribution in [1.29, 1.82) is 0 Å². The van der Waals surface area contributed by atoms with Crippen LogP contribution in [0.15, 0.2) is 77.0 Å². The molecule has 29 heavy (non-hydrogen) atoms. The highest BCUT2D eigenvalue weighted by atomic mass is 32.2. The number of carbonyl (C=O) groups is 1. The summed E-state index contributed by atoms with van der Waals surface area (Å²) >= 11 is 1.20. The van der Waals surface area contributed by atoms with Crippen molar-refractivity contribution in [1.82, 2.24) is 25.6 Å². The summed E-state index contributed by atoms with van der Waals surface area (Å²) in [5, 5.41) is 28.0. The Labute approximate surface area is 170 Å². The van der Waals surface area contributed by atoms with E-state index in [1.807, 2.05) is 60.7 Å². The van der Waals surface area contributed by atoms with Gasteiger partial charge in [0.25, 0.3) is 5.91 Å². The van der Waals surface area contributed by atoms with Crippen molar-refractivity contribution in [2.24, 2.45) is 5.10 Å². The number of nitrogens with one attached hydrogen (secondary N) is 1. The lowest BCUT2D eigenvalue weighted by molar-refractivity contribution is -0.118.